The summed E-state index contributed by atoms with van der Waals surface area (Å²) in [5.74, 6) is -3.82. The van der Waals surface area contributed by atoms with Crippen LogP contribution in [0.15, 0.2) is 41.3 Å². The third kappa shape index (κ3) is 3.45. The van der Waals surface area contributed by atoms with E-state index in [-0.39, 0.29) is 4.90 Å². The maximum Gasteiger partial charge on any atom is 0.258 e. The minimum Gasteiger partial charge on any atom is -0.319 e. The number of carbonyl (C=O) groups excluding carboxylic acids is 1. The fourth-order valence-corrected chi connectivity index (χ4v) is 2.34. The molecule has 2 rings (SSSR count). The summed E-state index contributed by atoms with van der Waals surface area (Å²) in [6.45, 7) is 0. The van der Waals surface area contributed by atoms with E-state index in [1.165, 1.54) is 0 Å². The van der Waals surface area contributed by atoms with Crippen LogP contribution in [0.3, 0.4) is 0 Å². The van der Waals surface area contributed by atoms with E-state index in [4.69, 9.17) is 0 Å². The maximum absolute atomic E-state index is 13.6. The fraction of sp³-hybridized carbons (Fsp3) is 0.0714. The van der Waals surface area contributed by atoms with E-state index in [1.807, 2.05) is 5.32 Å². The van der Waals surface area contributed by atoms with Crippen molar-refractivity contribution in [2.24, 2.45) is 0 Å². The molecule has 0 spiro atoms. The van der Waals surface area contributed by atoms with Crippen LogP contribution in [0.4, 0.5) is 18.9 Å². The molecule has 0 aliphatic heterocycles. The normalized spacial score (nSPS) is 11.3. The number of hydrogen-bond acceptors (Lipinski definition) is 3. The van der Waals surface area contributed by atoms with Gasteiger partial charge in [0.15, 0.2) is 9.84 Å². The Balaban J connectivity index is 2.38. The highest BCUT2D eigenvalue weighted by Crippen LogP contribution is 2.21. The van der Waals surface area contributed by atoms with Crippen molar-refractivity contribution in [2.45, 2.75) is 4.90 Å². The second-order valence-corrected chi connectivity index (χ2v) is 6.51. The summed E-state index contributed by atoms with van der Waals surface area (Å²) in [5.41, 5.74) is -1.07. The number of nitrogens with one attached hydrogen (secondary N) is 1. The molecule has 2 aromatic rings. The van der Waals surface area contributed by atoms with Gasteiger partial charge in [0, 0.05) is 6.26 Å². The Labute approximate surface area is 124 Å². The summed E-state index contributed by atoms with van der Waals surface area (Å²) >= 11 is 0. The number of benzene rings is 2. The molecule has 0 bridgehead atoms. The zero-order valence-electron chi connectivity index (χ0n) is 11.2. The van der Waals surface area contributed by atoms with Crippen LogP contribution in [-0.2, 0) is 9.84 Å². The lowest BCUT2D eigenvalue weighted by molar-refractivity contribution is 0.102. The van der Waals surface area contributed by atoms with E-state index >= 15 is 0 Å². The minimum absolute atomic E-state index is 0.219. The van der Waals surface area contributed by atoms with Crippen LogP contribution in [0.25, 0.3) is 0 Å². The predicted molar refractivity (Wildman–Crippen MR) is 73.8 cm³/mol. The van der Waals surface area contributed by atoms with E-state index in [0.717, 1.165) is 36.6 Å². The first-order valence-electron chi connectivity index (χ1n) is 5.94. The molecule has 0 unspecified atom stereocenters. The standard InChI is InChI=1S/C14H10F3NO3S/c1-22(20,21)9-3-5-12(17)13(7-9)18-14(19)10-6-8(15)2-4-11(10)16/h2-7H,1H3,(H,18,19). The number of amides is 1. The SMILES string of the molecule is CS(=O)(=O)c1ccc(F)c(NC(=O)c2cc(F)ccc2F)c1. The minimum atomic E-state index is -3.61. The molecule has 22 heavy (non-hydrogen) atoms. The average molecular weight is 329 g/mol. The Hall–Kier alpha value is -2.35. The van der Waals surface area contributed by atoms with Crippen molar-refractivity contribution < 1.29 is 26.4 Å². The van der Waals surface area contributed by atoms with Crippen LogP contribution in [0.1, 0.15) is 10.4 Å². The summed E-state index contributed by atoms with van der Waals surface area (Å²) in [7, 11) is -3.61. The Morgan fingerprint density at radius 2 is 1.64 bits per heavy atom. The van der Waals surface area contributed by atoms with Crippen LogP contribution in [0.5, 0.6) is 0 Å². The smallest absolute Gasteiger partial charge is 0.258 e. The Morgan fingerprint density at radius 3 is 2.27 bits per heavy atom. The lowest BCUT2D eigenvalue weighted by Crippen LogP contribution is -2.15. The van der Waals surface area contributed by atoms with Gasteiger partial charge in [-0.15, -0.1) is 0 Å². The molecule has 4 nitrogen and oxygen atoms in total. The first kappa shape index (κ1) is 16.0. The summed E-state index contributed by atoms with van der Waals surface area (Å²) in [4.78, 5) is 11.6. The van der Waals surface area contributed by atoms with E-state index in [2.05, 4.69) is 0 Å². The van der Waals surface area contributed by atoms with Gasteiger partial charge in [-0.2, -0.15) is 0 Å². The highest BCUT2D eigenvalue weighted by Gasteiger charge is 2.17. The Kier molecular flexibility index (Phi) is 4.23. The van der Waals surface area contributed by atoms with Gasteiger partial charge in [-0.25, -0.2) is 21.6 Å². The fourth-order valence-electron chi connectivity index (χ4n) is 1.69. The highest BCUT2D eigenvalue weighted by molar-refractivity contribution is 7.90. The summed E-state index contributed by atoms with van der Waals surface area (Å²) < 4.78 is 63.0. The predicted octanol–water partition coefficient (Wildman–Crippen LogP) is 2.76. The van der Waals surface area contributed by atoms with Gasteiger partial charge in [-0.1, -0.05) is 0 Å². The number of sulfone groups is 1. The summed E-state index contributed by atoms with van der Waals surface area (Å²) in [5, 5.41) is 2.02. The van der Waals surface area contributed by atoms with Crippen molar-refractivity contribution in [3.8, 4) is 0 Å². The second kappa shape index (κ2) is 5.80. The van der Waals surface area contributed by atoms with Gasteiger partial charge in [-0.3, -0.25) is 4.79 Å². The van der Waals surface area contributed by atoms with Gasteiger partial charge in [0.1, 0.15) is 17.5 Å². The third-order valence-corrected chi connectivity index (χ3v) is 3.90. The zero-order chi connectivity index (χ0) is 16.5. The van der Waals surface area contributed by atoms with E-state index in [1.54, 1.807) is 0 Å². The van der Waals surface area contributed by atoms with Gasteiger partial charge in [0.2, 0.25) is 0 Å². The average Bonchev–Trinajstić information content (AvgIpc) is 2.42. The van der Waals surface area contributed by atoms with Crippen LogP contribution in [0, 0.1) is 17.5 Å². The van der Waals surface area contributed by atoms with Crippen molar-refractivity contribution in [2.75, 3.05) is 11.6 Å². The van der Waals surface area contributed by atoms with Crippen LogP contribution in [-0.4, -0.2) is 20.6 Å². The third-order valence-electron chi connectivity index (χ3n) is 2.79. The molecule has 8 heteroatoms. The van der Waals surface area contributed by atoms with Gasteiger partial charge < -0.3 is 5.32 Å². The largest absolute Gasteiger partial charge is 0.319 e. The Morgan fingerprint density at radius 1 is 1.00 bits per heavy atom. The molecule has 0 radical (unpaired) electrons. The molecular weight excluding hydrogens is 319 g/mol. The number of hydrogen-bond donors (Lipinski definition) is 1. The molecule has 0 heterocycles. The summed E-state index contributed by atoms with van der Waals surface area (Å²) in [6.07, 6.45) is 0.915. The van der Waals surface area contributed by atoms with Gasteiger partial charge >= 0.3 is 0 Å². The zero-order valence-corrected chi connectivity index (χ0v) is 12.0. The quantitative estimate of drug-likeness (QED) is 0.881. The van der Waals surface area contributed by atoms with E-state index in [9.17, 15) is 26.4 Å². The first-order chi connectivity index (χ1) is 10.2. The van der Waals surface area contributed by atoms with Crippen LogP contribution in [0.2, 0.25) is 0 Å². The van der Waals surface area contributed by atoms with Crippen LogP contribution >= 0.6 is 0 Å². The van der Waals surface area contributed by atoms with Crippen molar-refractivity contribution in [1.82, 2.24) is 0 Å². The molecule has 0 aliphatic rings. The highest BCUT2D eigenvalue weighted by atomic mass is 32.2. The topological polar surface area (TPSA) is 63.2 Å². The molecule has 116 valence electrons. The second-order valence-electron chi connectivity index (χ2n) is 4.49. The lowest BCUT2D eigenvalue weighted by Gasteiger charge is -2.09. The first-order valence-corrected chi connectivity index (χ1v) is 7.83. The summed E-state index contributed by atoms with van der Waals surface area (Å²) in [6, 6.07) is 5.03. The van der Waals surface area contributed by atoms with Crippen LogP contribution < -0.4 is 5.32 Å². The molecule has 2 aromatic carbocycles. The molecular formula is C14H10F3NO3S. The lowest BCUT2D eigenvalue weighted by atomic mass is 10.2. The molecule has 0 aliphatic carbocycles. The Bertz CT molecular complexity index is 850. The monoisotopic (exact) mass is 329 g/mol. The maximum atomic E-state index is 13.6. The van der Waals surface area contributed by atoms with Gasteiger partial charge in [-0.05, 0) is 36.4 Å². The molecule has 0 saturated heterocycles. The molecule has 0 atom stereocenters. The molecule has 0 fully saturated rings. The molecule has 1 N–H and O–H groups in total. The van der Waals surface area contributed by atoms with Crippen molar-refractivity contribution in [3.63, 3.8) is 0 Å². The number of rotatable bonds is 3. The van der Waals surface area contributed by atoms with Gasteiger partial charge in [0.25, 0.3) is 5.91 Å². The number of carbonyl (C=O) groups is 1. The van der Waals surface area contributed by atoms with E-state index in [0.29, 0.717) is 6.07 Å². The molecule has 0 saturated carbocycles. The molecule has 1 amide bonds. The van der Waals surface area contributed by atoms with Gasteiger partial charge in [0.05, 0.1) is 16.1 Å². The number of halogens is 3. The van der Waals surface area contributed by atoms with Crippen molar-refractivity contribution >= 4 is 21.4 Å². The van der Waals surface area contributed by atoms with Crippen molar-refractivity contribution in [1.29, 1.82) is 0 Å². The van der Waals surface area contributed by atoms with Crippen molar-refractivity contribution in [3.05, 3.63) is 59.4 Å². The number of anilines is 1. The van der Waals surface area contributed by atoms with E-state index < -0.39 is 44.4 Å². The molecule has 0 aromatic heterocycles.